The van der Waals surface area contributed by atoms with E-state index in [1.54, 1.807) is 14.2 Å². The summed E-state index contributed by atoms with van der Waals surface area (Å²) in [5.41, 5.74) is 2.62. The number of ether oxygens (including phenoxy) is 2. The molecule has 1 aromatic heterocycles. The van der Waals surface area contributed by atoms with Crippen LogP contribution in [0.15, 0.2) is 12.1 Å². The second-order valence-corrected chi connectivity index (χ2v) is 6.82. The van der Waals surface area contributed by atoms with Gasteiger partial charge in [-0.2, -0.15) is 0 Å². The van der Waals surface area contributed by atoms with Gasteiger partial charge in [-0.05, 0) is 46.0 Å². The number of fused-ring (bicyclic) bond motifs is 4. The molecule has 2 aliphatic heterocycles. The Bertz CT molecular complexity index is 757. The normalized spacial score (nSPS) is 22.7. The van der Waals surface area contributed by atoms with Crippen LogP contribution in [0, 0.1) is 5.92 Å². The first-order chi connectivity index (χ1) is 11.6. The van der Waals surface area contributed by atoms with Crippen molar-refractivity contribution in [2.24, 2.45) is 5.92 Å². The van der Waals surface area contributed by atoms with Crippen LogP contribution in [0.1, 0.15) is 42.9 Å². The molecule has 24 heavy (non-hydrogen) atoms. The number of benzene rings is 1. The molecule has 2 aliphatic rings. The van der Waals surface area contributed by atoms with E-state index in [2.05, 4.69) is 46.4 Å². The topological polar surface area (TPSA) is 65.3 Å². The molecule has 4 rings (SSSR count). The van der Waals surface area contributed by atoms with Gasteiger partial charge in [-0.3, -0.25) is 4.90 Å². The summed E-state index contributed by atoms with van der Waals surface area (Å²) >= 11 is 0. The van der Waals surface area contributed by atoms with Gasteiger partial charge in [-0.1, -0.05) is 13.8 Å². The van der Waals surface area contributed by atoms with Crippen LogP contribution in [0.25, 0.3) is 0 Å². The molecule has 2 aromatic rings. The Morgan fingerprint density at radius 1 is 1.17 bits per heavy atom. The highest BCUT2D eigenvalue weighted by Gasteiger charge is 2.42. The average molecular weight is 329 g/mol. The number of rotatable bonds is 3. The van der Waals surface area contributed by atoms with Crippen LogP contribution in [0.2, 0.25) is 0 Å². The summed E-state index contributed by atoms with van der Waals surface area (Å²) < 4.78 is 12.9. The molecule has 0 fully saturated rings. The van der Waals surface area contributed by atoms with Gasteiger partial charge in [-0.25, -0.2) is 4.68 Å². The Morgan fingerprint density at radius 2 is 1.92 bits per heavy atom. The number of hydrogen-bond acceptors (Lipinski definition) is 6. The third-order valence-corrected chi connectivity index (χ3v) is 5.20. The third kappa shape index (κ3) is 2.18. The van der Waals surface area contributed by atoms with Gasteiger partial charge in [0, 0.05) is 6.54 Å². The molecule has 0 N–H and O–H groups in total. The molecule has 0 radical (unpaired) electrons. The monoisotopic (exact) mass is 329 g/mol. The lowest BCUT2D eigenvalue weighted by atomic mass is 9.86. The summed E-state index contributed by atoms with van der Waals surface area (Å²) in [7, 11) is 3.37. The van der Waals surface area contributed by atoms with Crippen molar-refractivity contribution in [1.82, 2.24) is 25.1 Å². The summed E-state index contributed by atoms with van der Waals surface area (Å²) in [6.45, 7) is 6.24. The van der Waals surface area contributed by atoms with Gasteiger partial charge in [0.15, 0.2) is 17.3 Å². The molecule has 7 heteroatoms. The van der Waals surface area contributed by atoms with Gasteiger partial charge in [0.25, 0.3) is 0 Å². The predicted molar refractivity (Wildman–Crippen MR) is 88.1 cm³/mol. The smallest absolute Gasteiger partial charge is 0.168 e. The van der Waals surface area contributed by atoms with Crippen molar-refractivity contribution in [1.29, 1.82) is 0 Å². The lowest BCUT2D eigenvalue weighted by molar-refractivity contribution is 0.0445. The first-order valence-corrected chi connectivity index (χ1v) is 8.40. The Kier molecular flexibility index (Phi) is 3.68. The maximum Gasteiger partial charge on any atom is 0.168 e. The minimum absolute atomic E-state index is 0.236. The molecule has 0 amide bonds. The van der Waals surface area contributed by atoms with Crippen molar-refractivity contribution in [3.63, 3.8) is 0 Å². The van der Waals surface area contributed by atoms with Crippen LogP contribution in [0.4, 0.5) is 0 Å². The molecular formula is C17H23N5O2. The van der Waals surface area contributed by atoms with E-state index in [-0.39, 0.29) is 12.1 Å². The fraction of sp³-hybridized carbons (Fsp3) is 0.588. The van der Waals surface area contributed by atoms with Gasteiger partial charge in [0.05, 0.1) is 32.8 Å². The van der Waals surface area contributed by atoms with Crippen molar-refractivity contribution in [3.05, 3.63) is 29.1 Å². The highest BCUT2D eigenvalue weighted by Crippen LogP contribution is 2.45. The van der Waals surface area contributed by atoms with E-state index in [4.69, 9.17) is 9.47 Å². The summed E-state index contributed by atoms with van der Waals surface area (Å²) in [5.74, 6) is 3.00. The maximum atomic E-state index is 5.52. The lowest BCUT2D eigenvalue weighted by Gasteiger charge is -2.46. The first-order valence-electron chi connectivity index (χ1n) is 8.40. The van der Waals surface area contributed by atoms with Gasteiger partial charge < -0.3 is 9.47 Å². The van der Waals surface area contributed by atoms with E-state index in [1.165, 1.54) is 11.1 Å². The minimum atomic E-state index is 0.236. The fourth-order valence-corrected chi connectivity index (χ4v) is 4.13. The van der Waals surface area contributed by atoms with E-state index in [1.807, 2.05) is 4.68 Å². The minimum Gasteiger partial charge on any atom is -0.493 e. The molecule has 0 bridgehead atoms. The fourth-order valence-electron chi connectivity index (χ4n) is 4.13. The van der Waals surface area contributed by atoms with Crippen LogP contribution in [0.5, 0.6) is 11.5 Å². The van der Waals surface area contributed by atoms with Gasteiger partial charge >= 0.3 is 0 Å². The predicted octanol–water partition coefficient (Wildman–Crippen LogP) is 2.00. The molecule has 128 valence electrons. The number of hydrogen-bond donors (Lipinski definition) is 0. The van der Waals surface area contributed by atoms with Crippen molar-refractivity contribution < 1.29 is 9.47 Å². The number of nitrogens with zero attached hydrogens (tertiary/aromatic N) is 5. The average Bonchev–Trinajstić information content (AvgIpc) is 3.05. The highest BCUT2D eigenvalue weighted by atomic mass is 16.5. The van der Waals surface area contributed by atoms with Crippen LogP contribution in [0.3, 0.4) is 0 Å². The molecule has 1 aromatic carbocycles. The van der Waals surface area contributed by atoms with Gasteiger partial charge in [0.2, 0.25) is 0 Å². The summed E-state index contributed by atoms with van der Waals surface area (Å²) in [6, 6.07) is 4.74. The number of tetrazole rings is 1. The quantitative estimate of drug-likeness (QED) is 0.858. The molecule has 0 saturated carbocycles. The zero-order valence-corrected chi connectivity index (χ0v) is 14.6. The molecule has 2 atom stereocenters. The van der Waals surface area contributed by atoms with Crippen molar-refractivity contribution >= 4 is 0 Å². The van der Waals surface area contributed by atoms with Crippen molar-refractivity contribution in [2.75, 3.05) is 20.8 Å². The molecule has 3 heterocycles. The SMILES string of the molecule is COc1cc2c(cc1OC)C1Cn3nnnc3C(C(C)C)N1CC2. The Labute approximate surface area is 141 Å². The van der Waals surface area contributed by atoms with Crippen molar-refractivity contribution in [2.45, 2.75) is 38.9 Å². The van der Waals surface area contributed by atoms with E-state index >= 15 is 0 Å². The Morgan fingerprint density at radius 3 is 2.62 bits per heavy atom. The molecular weight excluding hydrogens is 306 g/mol. The number of aromatic nitrogens is 4. The zero-order valence-electron chi connectivity index (χ0n) is 14.6. The van der Waals surface area contributed by atoms with E-state index in [0.29, 0.717) is 5.92 Å². The Balaban J connectivity index is 1.82. The molecule has 0 aliphatic carbocycles. The molecule has 0 spiro atoms. The van der Waals surface area contributed by atoms with Gasteiger partial charge in [-0.15, -0.1) is 5.10 Å². The van der Waals surface area contributed by atoms with Crippen LogP contribution in [-0.4, -0.2) is 45.9 Å². The lowest BCUT2D eigenvalue weighted by Crippen LogP contribution is -2.46. The molecule has 0 saturated heterocycles. The highest BCUT2D eigenvalue weighted by molar-refractivity contribution is 5.49. The van der Waals surface area contributed by atoms with Crippen LogP contribution >= 0.6 is 0 Å². The van der Waals surface area contributed by atoms with Crippen LogP contribution < -0.4 is 9.47 Å². The van der Waals surface area contributed by atoms with E-state index in [0.717, 1.165) is 36.8 Å². The maximum absolute atomic E-state index is 5.52. The first kappa shape index (κ1) is 15.4. The third-order valence-electron chi connectivity index (χ3n) is 5.20. The summed E-state index contributed by atoms with van der Waals surface area (Å²) in [5, 5.41) is 12.4. The summed E-state index contributed by atoms with van der Waals surface area (Å²) in [4.78, 5) is 2.55. The Hall–Kier alpha value is -2.15. The standard InChI is InChI=1S/C17H23N5O2/c1-10(2)16-17-18-19-20-22(17)9-13-12-8-15(24-4)14(23-3)7-11(12)5-6-21(13)16/h7-8,10,13,16H,5-6,9H2,1-4H3. The second kappa shape index (κ2) is 5.73. The van der Waals surface area contributed by atoms with Gasteiger partial charge in [0.1, 0.15) is 0 Å². The molecule has 7 nitrogen and oxygen atoms in total. The zero-order chi connectivity index (χ0) is 16.8. The van der Waals surface area contributed by atoms with E-state index < -0.39 is 0 Å². The van der Waals surface area contributed by atoms with Crippen LogP contribution in [-0.2, 0) is 13.0 Å². The summed E-state index contributed by atoms with van der Waals surface area (Å²) in [6.07, 6.45) is 0.997. The molecule has 2 unspecified atom stereocenters. The van der Waals surface area contributed by atoms with E-state index in [9.17, 15) is 0 Å². The number of methoxy groups -OCH3 is 2. The second-order valence-electron chi connectivity index (χ2n) is 6.82. The van der Waals surface area contributed by atoms with Crippen molar-refractivity contribution in [3.8, 4) is 11.5 Å². The largest absolute Gasteiger partial charge is 0.493 e.